The van der Waals surface area contributed by atoms with Gasteiger partial charge in [-0.05, 0) is 45.8 Å². The zero-order chi connectivity index (χ0) is 16.3. The lowest BCUT2D eigenvalue weighted by Gasteiger charge is -2.48. The summed E-state index contributed by atoms with van der Waals surface area (Å²) in [6.07, 6.45) is 1.82. The summed E-state index contributed by atoms with van der Waals surface area (Å²) in [5.74, 6) is 0.561. The minimum absolute atomic E-state index is 0.190. The van der Waals surface area contributed by atoms with Crippen LogP contribution in [0.15, 0.2) is 24.3 Å². The third-order valence-corrected chi connectivity index (χ3v) is 4.97. The highest BCUT2D eigenvalue weighted by atomic mass is 16.6. The second-order valence-electron chi connectivity index (χ2n) is 6.46. The number of benzene rings is 1. The lowest BCUT2D eigenvalue weighted by atomic mass is 9.75. The van der Waals surface area contributed by atoms with Crippen molar-refractivity contribution < 1.29 is 19.0 Å². The summed E-state index contributed by atoms with van der Waals surface area (Å²) in [5, 5.41) is 3.36. The van der Waals surface area contributed by atoms with Crippen molar-refractivity contribution in [1.82, 2.24) is 5.32 Å². The molecule has 0 amide bonds. The molecule has 0 saturated carbocycles. The second-order valence-corrected chi connectivity index (χ2v) is 6.46. The van der Waals surface area contributed by atoms with E-state index < -0.39 is 11.2 Å². The molecule has 5 nitrogen and oxygen atoms in total. The molecule has 1 fully saturated rings. The van der Waals surface area contributed by atoms with Crippen LogP contribution in [0.3, 0.4) is 0 Å². The average Bonchev–Trinajstić information content (AvgIpc) is 2.65. The first-order valence-electron chi connectivity index (χ1n) is 8.36. The van der Waals surface area contributed by atoms with E-state index in [2.05, 4.69) is 5.32 Å². The Labute approximate surface area is 137 Å². The first kappa shape index (κ1) is 16.3. The topological polar surface area (TPSA) is 56.8 Å². The van der Waals surface area contributed by atoms with Crippen molar-refractivity contribution in [2.75, 3.05) is 19.7 Å². The van der Waals surface area contributed by atoms with Crippen LogP contribution in [0.2, 0.25) is 0 Å². The monoisotopic (exact) mass is 319 g/mol. The number of carbonyl (C=O) groups is 1. The zero-order valence-electron chi connectivity index (χ0n) is 13.9. The summed E-state index contributed by atoms with van der Waals surface area (Å²) < 4.78 is 18.0. The second kappa shape index (κ2) is 6.49. The fraction of sp³-hybridized carbons (Fsp3) is 0.611. The van der Waals surface area contributed by atoms with Gasteiger partial charge in [0.2, 0.25) is 0 Å². The molecule has 0 aliphatic carbocycles. The van der Waals surface area contributed by atoms with Crippen LogP contribution in [0, 0.1) is 0 Å². The smallest absolute Gasteiger partial charge is 0.309 e. The van der Waals surface area contributed by atoms with Crippen molar-refractivity contribution in [1.29, 1.82) is 0 Å². The first-order valence-corrected chi connectivity index (χ1v) is 8.36. The van der Waals surface area contributed by atoms with Gasteiger partial charge in [-0.3, -0.25) is 4.79 Å². The molecule has 5 heteroatoms. The zero-order valence-corrected chi connectivity index (χ0v) is 13.9. The summed E-state index contributed by atoms with van der Waals surface area (Å²) in [7, 11) is 0. The van der Waals surface area contributed by atoms with Gasteiger partial charge in [0.25, 0.3) is 0 Å². The number of nitrogens with one attached hydrogen (secondary N) is 1. The Hall–Kier alpha value is -1.59. The Balaban J connectivity index is 1.96. The van der Waals surface area contributed by atoms with Gasteiger partial charge in [-0.25, -0.2) is 0 Å². The molecule has 1 atom stereocenters. The fourth-order valence-corrected chi connectivity index (χ4v) is 3.62. The molecule has 1 saturated heterocycles. The minimum Gasteiger partial charge on any atom is -0.484 e. The molecule has 2 heterocycles. The van der Waals surface area contributed by atoms with Gasteiger partial charge in [0.15, 0.2) is 0 Å². The summed E-state index contributed by atoms with van der Waals surface area (Å²) in [5.41, 5.74) is -0.198. The quantitative estimate of drug-likeness (QED) is 0.867. The Kier molecular flexibility index (Phi) is 4.60. The molecule has 3 rings (SSSR count). The van der Waals surface area contributed by atoms with E-state index in [1.54, 1.807) is 0 Å². The molecule has 1 aromatic rings. The lowest BCUT2D eigenvalue weighted by Crippen LogP contribution is -2.61. The van der Waals surface area contributed by atoms with E-state index in [1.807, 2.05) is 38.1 Å². The molecular formula is C18H25NO4. The van der Waals surface area contributed by atoms with Gasteiger partial charge in [-0.15, -0.1) is 0 Å². The number of esters is 1. The van der Waals surface area contributed by atoms with Crippen LogP contribution in [0.5, 0.6) is 5.75 Å². The van der Waals surface area contributed by atoms with Crippen molar-refractivity contribution in [3.8, 4) is 5.75 Å². The normalized spacial score (nSPS) is 26.0. The highest BCUT2D eigenvalue weighted by Gasteiger charge is 2.54. The number of hydrogen-bond donors (Lipinski definition) is 1. The van der Waals surface area contributed by atoms with Crippen LogP contribution in [-0.2, 0) is 20.9 Å². The van der Waals surface area contributed by atoms with E-state index in [-0.39, 0.29) is 12.4 Å². The van der Waals surface area contributed by atoms with Gasteiger partial charge in [-0.1, -0.05) is 18.2 Å². The number of fused-ring (bicyclic) bond motifs is 1. The molecule has 1 N–H and O–H groups in total. The Morgan fingerprint density at radius 1 is 1.30 bits per heavy atom. The van der Waals surface area contributed by atoms with Crippen molar-refractivity contribution in [3.63, 3.8) is 0 Å². The SMILES string of the molecule is CCOC(=O)CC1(C)Oc2ccccc2COC12CCNCC2. The van der Waals surface area contributed by atoms with Crippen LogP contribution in [0.4, 0.5) is 0 Å². The third kappa shape index (κ3) is 3.08. The van der Waals surface area contributed by atoms with E-state index in [0.29, 0.717) is 13.2 Å². The van der Waals surface area contributed by atoms with Gasteiger partial charge in [0.1, 0.15) is 17.0 Å². The highest BCUT2D eigenvalue weighted by molar-refractivity contribution is 5.71. The molecule has 2 aliphatic rings. The van der Waals surface area contributed by atoms with Crippen LogP contribution >= 0.6 is 0 Å². The maximum atomic E-state index is 12.2. The molecule has 0 radical (unpaired) electrons. The number of carbonyl (C=O) groups excluding carboxylic acids is 1. The maximum absolute atomic E-state index is 12.2. The van der Waals surface area contributed by atoms with Gasteiger partial charge >= 0.3 is 5.97 Å². The van der Waals surface area contributed by atoms with Crippen LogP contribution in [-0.4, -0.2) is 36.9 Å². The highest BCUT2D eigenvalue weighted by Crippen LogP contribution is 2.44. The fourth-order valence-electron chi connectivity index (χ4n) is 3.62. The number of rotatable bonds is 3. The molecule has 1 unspecified atom stereocenters. The molecular weight excluding hydrogens is 294 g/mol. The first-order chi connectivity index (χ1) is 11.1. The van der Waals surface area contributed by atoms with Crippen molar-refractivity contribution in [3.05, 3.63) is 29.8 Å². The molecule has 1 spiro atoms. The van der Waals surface area contributed by atoms with E-state index in [4.69, 9.17) is 14.2 Å². The lowest BCUT2D eigenvalue weighted by molar-refractivity contribution is -0.186. The van der Waals surface area contributed by atoms with Crippen molar-refractivity contribution in [2.24, 2.45) is 0 Å². The van der Waals surface area contributed by atoms with Gasteiger partial charge in [0.05, 0.1) is 19.6 Å². The molecule has 0 aromatic heterocycles. The average molecular weight is 319 g/mol. The summed E-state index contributed by atoms with van der Waals surface area (Å²) in [4.78, 5) is 12.2. The van der Waals surface area contributed by atoms with Gasteiger partial charge < -0.3 is 19.5 Å². The molecule has 0 bridgehead atoms. The summed E-state index contributed by atoms with van der Waals surface area (Å²) >= 11 is 0. The largest absolute Gasteiger partial charge is 0.484 e. The molecule has 1 aromatic carbocycles. The summed E-state index contributed by atoms with van der Waals surface area (Å²) in [6.45, 7) is 6.41. The predicted octanol–water partition coefficient (Wildman–Crippen LogP) is 2.43. The Morgan fingerprint density at radius 2 is 2.04 bits per heavy atom. The molecule has 126 valence electrons. The third-order valence-electron chi connectivity index (χ3n) is 4.97. The van der Waals surface area contributed by atoms with E-state index >= 15 is 0 Å². The molecule has 2 aliphatic heterocycles. The number of piperidine rings is 1. The van der Waals surface area contributed by atoms with Crippen LogP contribution in [0.25, 0.3) is 0 Å². The Morgan fingerprint density at radius 3 is 2.78 bits per heavy atom. The number of hydrogen-bond acceptors (Lipinski definition) is 5. The van der Waals surface area contributed by atoms with Crippen molar-refractivity contribution in [2.45, 2.75) is 50.9 Å². The molecule has 23 heavy (non-hydrogen) atoms. The number of ether oxygens (including phenoxy) is 3. The summed E-state index contributed by atoms with van der Waals surface area (Å²) in [6, 6.07) is 7.89. The standard InChI is InChI=1S/C18H25NO4/c1-3-21-16(20)12-17(2)18(8-10-19-11-9-18)22-13-14-6-4-5-7-15(14)23-17/h4-7,19H,3,8-13H2,1-2H3. The van der Waals surface area contributed by atoms with E-state index in [9.17, 15) is 4.79 Å². The van der Waals surface area contributed by atoms with Crippen LogP contribution < -0.4 is 10.1 Å². The van der Waals surface area contributed by atoms with E-state index in [1.165, 1.54) is 0 Å². The minimum atomic E-state index is -0.742. The van der Waals surface area contributed by atoms with E-state index in [0.717, 1.165) is 37.2 Å². The van der Waals surface area contributed by atoms with Gasteiger partial charge in [-0.2, -0.15) is 0 Å². The van der Waals surface area contributed by atoms with Crippen molar-refractivity contribution >= 4 is 5.97 Å². The van der Waals surface area contributed by atoms with Crippen LogP contribution in [0.1, 0.15) is 38.7 Å². The van der Waals surface area contributed by atoms with Gasteiger partial charge in [0, 0.05) is 5.56 Å². The predicted molar refractivity (Wildman–Crippen MR) is 86.3 cm³/mol. The maximum Gasteiger partial charge on any atom is 0.309 e. The Bertz CT molecular complexity index is 568. The number of para-hydroxylation sites is 1.